The molecule has 5 heteroatoms. The molecule has 0 amide bonds. The quantitative estimate of drug-likeness (QED) is 0.642. The van der Waals surface area contributed by atoms with E-state index in [0.717, 1.165) is 0 Å². The second kappa shape index (κ2) is 6.18. The van der Waals surface area contributed by atoms with Crippen molar-refractivity contribution in [2.24, 2.45) is 0 Å². The first-order valence-corrected chi connectivity index (χ1v) is 6.12. The highest BCUT2D eigenvalue weighted by Gasteiger charge is 2.14. The lowest BCUT2D eigenvalue weighted by molar-refractivity contribution is -0.133. The predicted octanol–water partition coefficient (Wildman–Crippen LogP) is 3.50. The van der Waals surface area contributed by atoms with Gasteiger partial charge in [-0.25, -0.2) is 4.39 Å². The van der Waals surface area contributed by atoms with Crippen LogP contribution in [-0.2, 0) is 11.2 Å². The molecule has 0 aliphatic heterocycles. The van der Waals surface area contributed by atoms with Gasteiger partial charge < -0.3 is 4.74 Å². The summed E-state index contributed by atoms with van der Waals surface area (Å²) in [5, 5.41) is 9.05. The number of rotatable bonds is 3. The molecule has 0 aromatic heterocycles. The lowest BCUT2D eigenvalue weighted by atomic mass is 10.1. The van der Waals surface area contributed by atoms with Crippen LogP contribution >= 0.6 is 11.6 Å². The minimum atomic E-state index is -0.681. The fourth-order valence-corrected chi connectivity index (χ4v) is 1.88. The molecule has 2 aromatic rings. The van der Waals surface area contributed by atoms with E-state index in [2.05, 4.69) is 0 Å². The van der Waals surface area contributed by atoms with Gasteiger partial charge in [0.05, 0.1) is 12.0 Å². The molecule has 0 unspecified atom stereocenters. The predicted molar refractivity (Wildman–Crippen MR) is 71.9 cm³/mol. The summed E-state index contributed by atoms with van der Waals surface area (Å²) in [7, 11) is 0. The van der Waals surface area contributed by atoms with Gasteiger partial charge in [0.25, 0.3) is 0 Å². The van der Waals surface area contributed by atoms with Crippen molar-refractivity contribution in [2.75, 3.05) is 0 Å². The molecule has 20 heavy (non-hydrogen) atoms. The van der Waals surface area contributed by atoms with Gasteiger partial charge in [0.2, 0.25) is 0 Å². The van der Waals surface area contributed by atoms with Crippen LogP contribution in [0.1, 0.15) is 11.1 Å². The Bertz CT molecular complexity index is 674. The average molecular weight is 290 g/mol. The summed E-state index contributed by atoms with van der Waals surface area (Å²) in [5.41, 5.74) is 0.314. The van der Waals surface area contributed by atoms with Crippen molar-refractivity contribution in [3.05, 3.63) is 64.4 Å². The fraction of sp³-hybridized carbons (Fsp3) is 0.0667. The van der Waals surface area contributed by atoms with E-state index in [1.54, 1.807) is 12.1 Å². The first kappa shape index (κ1) is 14.0. The molecule has 0 fully saturated rings. The van der Waals surface area contributed by atoms with Crippen LogP contribution in [0.15, 0.2) is 42.5 Å². The number of carbonyl (C=O) groups excluding carboxylic acids is 1. The van der Waals surface area contributed by atoms with Gasteiger partial charge in [-0.2, -0.15) is 5.26 Å². The molecule has 0 bridgehead atoms. The van der Waals surface area contributed by atoms with Gasteiger partial charge >= 0.3 is 5.97 Å². The van der Waals surface area contributed by atoms with E-state index >= 15 is 0 Å². The molecule has 0 aliphatic rings. The van der Waals surface area contributed by atoms with Crippen LogP contribution in [0.25, 0.3) is 0 Å². The number of carbonyl (C=O) groups is 1. The zero-order chi connectivity index (χ0) is 14.5. The van der Waals surface area contributed by atoms with Gasteiger partial charge in [-0.3, -0.25) is 4.79 Å². The van der Waals surface area contributed by atoms with Gasteiger partial charge in [-0.05, 0) is 24.3 Å². The summed E-state index contributed by atoms with van der Waals surface area (Å²) in [5.74, 6) is -1.10. The minimum absolute atomic E-state index is 0.0774. The zero-order valence-electron chi connectivity index (χ0n) is 10.3. The Morgan fingerprint density at radius 2 is 2.00 bits per heavy atom. The Labute approximate surface area is 120 Å². The lowest BCUT2D eigenvalue weighted by Crippen LogP contribution is -2.13. The van der Waals surface area contributed by atoms with Crippen LogP contribution in [0, 0.1) is 17.1 Å². The van der Waals surface area contributed by atoms with E-state index in [9.17, 15) is 9.18 Å². The number of esters is 1. The minimum Gasteiger partial charge on any atom is -0.425 e. The van der Waals surface area contributed by atoms with Crippen molar-refractivity contribution in [1.29, 1.82) is 5.26 Å². The van der Waals surface area contributed by atoms with E-state index in [0.29, 0.717) is 0 Å². The summed E-state index contributed by atoms with van der Waals surface area (Å²) in [4.78, 5) is 11.8. The summed E-state index contributed by atoms with van der Waals surface area (Å²) >= 11 is 5.84. The molecule has 0 saturated carbocycles. The molecule has 0 aliphatic carbocycles. The fourth-order valence-electron chi connectivity index (χ4n) is 1.65. The van der Waals surface area contributed by atoms with Crippen LogP contribution in [0.4, 0.5) is 4.39 Å². The molecule has 2 aromatic carbocycles. The van der Waals surface area contributed by atoms with Crippen LogP contribution in [-0.4, -0.2) is 5.97 Å². The number of ether oxygens (including phenoxy) is 1. The third-order valence-electron chi connectivity index (χ3n) is 2.61. The first-order valence-electron chi connectivity index (χ1n) is 5.74. The van der Waals surface area contributed by atoms with Crippen molar-refractivity contribution in [2.45, 2.75) is 6.42 Å². The Hall–Kier alpha value is -2.38. The standard InChI is InChI=1S/C15H9ClFNO2/c16-12-5-3-6-13(17)11(12)8-15(19)20-14-7-2-1-4-10(14)9-18/h1-7H,8H2. The average Bonchev–Trinajstić information content (AvgIpc) is 2.44. The third kappa shape index (κ3) is 3.14. The number of hydrogen-bond acceptors (Lipinski definition) is 3. The Balaban J connectivity index is 2.16. The number of nitrogens with zero attached hydrogens (tertiary/aromatic N) is 1. The second-order valence-corrected chi connectivity index (χ2v) is 4.37. The smallest absolute Gasteiger partial charge is 0.315 e. The number of benzene rings is 2. The second-order valence-electron chi connectivity index (χ2n) is 3.96. The van der Waals surface area contributed by atoms with Crippen molar-refractivity contribution in [1.82, 2.24) is 0 Å². The highest BCUT2D eigenvalue weighted by atomic mass is 35.5. The molecule has 0 radical (unpaired) electrons. The van der Waals surface area contributed by atoms with Gasteiger partial charge in [-0.1, -0.05) is 29.8 Å². The molecule has 3 nitrogen and oxygen atoms in total. The normalized spacial score (nSPS) is 9.85. The van der Waals surface area contributed by atoms with Crippen LogP contribution in [0.2, 0.25) is 5.02 Å². The van der Waals surface area contributed by atoms with Crippen molar-refractivity contribution < 1.29 is 13.9 Å². The molecule has 0 atom stereocenters. The molecule has 0 saturated heterocycles. The summed E-state index contributed by atoms with van der Waals surface area (Å²) < 4.78 is 18.6. The highest BCUT2D eigenvalue weighted by molar-refractivity contribution is 6.31. The zero-order valence-corrected chi connectivity index (χ0v) is 11.0. The summed E-state index contributed by atoms with van der Waals surface area (Å²) in [6.07, 6.45) is -0.300. The van der Waals surface area contributed by atoms with Gasteiger partial charge in [0.15, 0.2) is 0 Å². The SMILES string of the molecule is N#Cc1ccccc1OC(=O)Cc1c(F)cccc1Cl. The van der Waals surface area contributed by atoms with Crippen molar-refractivity contribution >= 4 is 17.6 Å². The Morgan fingerprint density at radius 3 is 2.70 bits per heavy atom. The topological polar surface area (TPSA) is 50.1 Å². The lowest BCUT2D eigenvalue weighted by Gasteiger charge is -2.07. The largest absolute Gasteiger partial charge is 0.425 e. The maximum Gasteiger partial charge on any atom is 0.315 e. The first-order chi connectivity index (χ1) is 9.61. The maximum absolute atomic E-state index is 13.6. The Morgan fingerprint density at radius 1 is 1.25 bits per heavy atom. The molecular formula is C15H9ClFNO2. The van der Waals surface area contributed by atoms with E-state index in [1.165, 1.54) is 30.3 Å². The number of halogens is 2. The van der Waals surface area contributed by atoms with Gasteiger partial charge in [0, 0.05) is 10.6 Å². The number of hydrogen-bond donors (Lipinski definition) is 0. The van der Waals surface area contributed by atoms with Crippen molar-refractivity contribution in [3.8, 4) is 11.8 Å². The van der Waals surface area contributed by atoms with Gasteiger partial charge in [0.1, 0.15) is 17.6 Å². The van der Waals surface area contributed by atoms with Crippen LogP contribution in [0.5, 0.6) is 5.75 Å². The molecule has 0 N–H and O–H groups in total. The van der Waals surface area contributed by atoms with E-state index in [4.69, 9.17) is 21.6 Å². The number of nitriles is 1. The molecule has 0 heterocycles. The molecule has 2 rings (SSSR count). The summed E-state index contributed by atoms with van der Waals surface area (Å²) in [6.45, 7) is 0. The van der Waals surface area contributed by atoms with Gasteiger partial charge in [-0.15, -0.1) is 0 Å². The number of para-hydroxylation sites is 1. The molecule has 0 spiro atoms. The Kier molecular flexibility index (Phi) is 4.34. The molecular weight excluding hydrogens is 281 g/mol. The van der Waals surface area contributed by atoms with Crippen LogP contribution in [0.3, 0.4) is 0 Å². The van der Waals surface area contributed by atoms with E-state index < -0.39 is 11.8 Å². The monoisotopic (exact) mass is 289 g/mol. The van der Waals surface area contributed by atoms with E-state index in [1.807, 2.05) is 6.07 Å². The van der Waals surface area contributed by atoms with Crippen molar-refractivity contribution in [3.63, 3.8) is 0 Å². The third-order valence-corrected chi connectivity index (χ3v) is 2.97. The maximum atomic E-state index is 13.6. The van der Waals surface area contributed by atoms with E-state index in [-0.39, 0.29) is 28.3 Å². The van der Waals surface area contributed by atoms with Crippen LogP contribution < -0.4 is 4.74 Å². The summed E-state index contributed by atoms with van der Waals surface area (Å²) in [6, 6.07) is 12.4. The highest BCUT2D eigenvalue weighted by Crippen LogP contribution is 2.21. The molecule has 100 valence electrons.